The minimum atomic E-state index is -0.975. The van der Waals surface area contributed by atoms with Crippen molar-refractivity contribution in [2.45, 2.75) is 25.0 Å². The van der Waals surface area contributed by atoms with Gasteiger partial charge < -0.3 is 14.7 Å². The van der Waals surface area contributed by atoms with Crippen LogP contribution in [0, 0.1) is 5.82 Å². The van der Waals surface area contributed by atoms with Crippen LogP contribution in [0.15, 0.2) is 22.7 Å². The van der Waals surface area contributed by atoms with Crippen molar-refractivity contribution in [2.75, 3.05) is 13.7 Å². The van der Waals surface area contributed by atoms with Crippen LogP contribution in [-0.4, -0.2) is 47.7 Å². The van der Waals surface area contributed by atoms with E-state index in [1.54, 1.807) is 0 Å². The Bertz CT molecular complexity index is 566. The number of rotatable bonds is 4. The Morgan fingerprint density at radius 2 is 2.24 bits per heavy atom. The van der Waals surface area contributed by atoms with Crippen molar-refractivity contribution in [1.29, 1.82) is 0 Å². The molecule has 1 amide bonds. The third kappa shape index (κ3) is 3.59. The van der Waals surface area contributed by atoms with Crippen LogP contribution < -0.4 is 0 Å². The fourth-order valence-electron chi connectivity index (χ4n) is 2.48. The lowest BCUT2D eigenvalue weighted by atomic mass is 10.1. The van der Waals surface area contributed by atoms with E-state index in [2.05, 4.69) is 15.9 Å². The molecule has 1 heterocycles. The van der Waals surface area contributed by atoms with Crippen molar-refractivity contribution in [2.24, 2.45) is 0 Å². The molecule has 2 rings (SSSR count). The standard InChI is InChI=1S/C14H15BrFNO4/c1-21-10-5-9(6-13(18)19)17(7-10)14(20)8-2-3-11(15)12(16)4-8/h2-4,9-10H,5-7H2,1H3,(H,18,19). The van der Waals surface area contributed by atoms with E-state index in [-0.39, 0.29) is 28.5 Å². The fraction of sp³-hybridized carbons (Fsp3) is 0.429. The summed E-state index contributed by atoms with van der Waals surface area (Å²) in [5.74, 6) is -1.89. The highest BCUT2D eigenvalue weighted by atomic mass is 79.9. The number of likely N-dealkylation sites (tertiary alicyclic amines) is 1. The molecule has 1 aromatic rings. The molecule has 0 bridgehead atoms. The molecule has 0 saturated carbocycles. The number of nitrogens with zero attached hydrogens (tertiary/aromatic N) is 1. The van der Waals surface area contributed by atoms with Gasteiger partial charge in [-0.25, -0.2) is 4.39 Å². The lowest BCUT2D eigenvalue weighted by molar-refractivity contribution is -0.137. The second-order valence-electron chi connectivity index (χ2n) is 4.93. The Balaban J connectivity index is 2.22. The summed E-state index contributed by atoms with van der Waals surface area (Å²) in [6, 6.07) is 3.67. The van der Waals surface area contributed by atoms with Gasteiger partial charge in [0, 0.05) is 25.3 Å². The van der Waals surface area contributed by atoms with Crippen LogP contribution in [-0.2, 0) is 9.53 Å². The van der Waals surface area contributed by atoms with Crippen LogP contribution in [0.1, 0.15) is 23.2 Å². The molecule has 1 saturated heterocycles. The maximum absolute atomic E-state index is 13.5. The number of carbonyl (C=O) groups is 2. The summed E-state index contributed by atoms with van der Waals surface area (Å²) < 4.78 is 19.0. The smallest absolute Gasteiger partial charge is 0.305 e. The largest absolute Gasteiger partial charge is 0.481 e. The molecule has 0 radical (unpaired) electrons. The second kappa shape index (κ2) is 6.53. The lowest BCUT2D eigenvalue weighted by Crippen LogP contribution is -2.37. The van der Waals surface area contributed by atoms with Gasteiger partial charge in [0.1, 0.15) is 5.82 Å². The summed E-state index contributed by atoms with van der Waals surface area (Å²) in [7, 11) is 1.52. The third-order valence-electron chi connectivity index (χ3n) is 3.55. The van der Waals surface area contributed by atoms with E-state index in [9.17, 15) is 14.0 Å². The van der Waals surface area contributed by atoms with Gasteiger partial charge in [-0.1, -0.05) is 0 Å². The summed E-state index contributed by atoms with van der Waals surface area (Å²) in [5.41, 5.74) is 0.197. The first kappa shape index (κ1) is 15.9. The Kier molecular flexibility index (Phi) is 4.95. The Labute approximate surface area is 129 Å². The van der Waals surface area contributed by atoms with E-state index in [0.29, 0.717) is 13.0 Å². The van der Waals surface area contributed by atoms with Gasteiger partial charge in [-0.15, -0.1) is 0 Å². The van der Waals surface area contributed by atoms with E-state index in [1.165, 1.54) is 24.1 Å². The number of carbonyl (C=O) groups excluding carboxylic acids is 1. The molecule has 1 aliphatic rings. The quantitative estimate of drug-likeness (QED) is 0.895. The average Bonchev–Trinajstić information content (AvgIpc) is 2.83. The summed E-state index contributed by atoms with van der Waals surface area (Å²) in [5, 5.41) is 8.94. The monoisotopic (exact) mass is 359 g/mol. The molecule has 1 fully saturated rings. The molecule has 114 valence electrons. The van der Waals surface area contributed by atoms with Gasteiger partial charge in [-0.2, -0.15) is 0 Å². The molecule has 0 aromatic heterocycles. The first-order valence-electron chi connectivity index (χ1n) is 6.43. The number of halogens is 2. The number of carboxylic acid groups (broad SMARTS) is 1. The number of aliphatic carboxylic acids is 1. The van der Waals surface area contributed by atoms with Crippen molar-refractivity contribution < 1.29 is 23.8 Å². The van der Waals surface area contributed by atoms with E-state index in [0.717, 1.165) is 6.07 Å². The number of hydrogen-bond acceptors (Lipinski definition) is 3. The van der Waals surface area contributed by atoms with Crippen molar-refractivity contribution in [3.8, 4) is 0 Å². The predicted octanol–water partition coefficient (Wildman–Crippen LogP) is 2.29. The number of carboxylic acids is 1. The molecule has 7 heteroatoms. The highest BCUT2D eigenvalue weighted by molar-refractivity contribution is 9.10. The zero-order valence-electron chi connectivity index (χ0n) is 11.4. The summed E-state index contributed by atoms with van der Waals surface area (Å²) in [4.78, 5) is 24.8. The second-order valence-corrected chi connectivity index (χ2v) is 5.79. The van der Waals surface area contributed by atoms with Crippen molar-refractivity contribution in [1.82, 2.24) is 4.90 Å². The average molecular weight is 360 g/mol. The van der Waals surface area contributed by atoms with Gasteiger partial charge in [-0.3, -0.25) is 9.59 Å². The Hall–Kier alpha value is -1.47. The van der Waals surface area contributed by atoms with Crippen molar-refractivity contribution in [3.05, 3.63) is 34.1 Å². The highest BCUT2D eigenvalue weighted by Crippen LogP contribution is 2.26. The first-order valence-corrected chi connectivity index (χ1v) is 7.22. The Morgan fingerprint density at radius 3 is 2.81 bits per heavy atom. The zero-order chi connectivity index (χ0) is 15.6. The SMILES string of the molecule is COC1CC(CC(=O)O)N(C(=O)c2ccc(Br)c(F)c2)C1. The molecule has 0 spiro atoms. The summed E-state index contributed by atoms with van der Waals surface area (Å²) >= 11 is 3.03. The molecule has 2 atom stereocenters. The highest BCUT2D eigenvalue weighted by Gasteiger charge is 2.37. The number of ether oxygens (including phenoxy) is 1. The van der Waals surface area contributed by atoms with Gasteiger partial charge in [0.15, 0.2) is 0 Å². The first-order chi connectivity index (χ1) is 9.92. The fourth-order valence-corrected chi connectivity index (χ4v) is 2.73. The van der Waals surface area contributed by atoms with Crippen LogP contribution in [0.5, 0.6) is 0 Å². The van der Waals surface area contributed by atoms with E-state index in [1.807, 2.05) is 0 Å². The van der Waals surface area contributed by atoms with Gasteiger partial charge in [-0.05, 0) is 40.5 Å². The molecule has 1 N–H and O–H groups in total. The van der Waals surface area contributed by atoms with E-state index < -0.39 is 17.8 Å². The number of amides is 1. The van der Waals surface area contributed by atoms with Crippen LogP contribution in [0.3, 0.4) is 0 Å². The lowest BCUT2D eigenvalue weighted by Gasteiger charge is -2.23. The van der Waals surface area contributed by atoms with Crippen LogP contribution in [0.2, 0.25) is 0 Å². The van der Waals surface area contributed by atoms with Crippen LogP contribution in [0.25, 0.3) is 0 Å². The molecule has 21 heavy (non-hydrogen) atoms. The number of benzene rings is 1. The molecular formula is C14H15BrFNO4. The van der Waals surface area contributed by atoms with Crippen LogP contribution in [0.4, 0.5) is 4.39 Å². The zero-order valence-corrected chi connectivity index (χ0v) is 13.0. The molecule has 0 aliphatic carbocycles. The molecular weight excluding hydrogens is 345 g/mol. The van der Waals surface area contributed by atoms with Gasteiger partial charge >= 0.3 is 5.97 Å². The maximum Gasteiger partial charge on any atom is 0.305 e. The molecule has 1 aliphatic heterocycles. The molecule has 1 aromatic carbocycles. The van der Waals surface area contributed by atoms with E-state index in [4.69, 9.17) is 9.84 Å². The third-order valence-corrected chi connectivity index (χ3v) is 4.19. The topological polar surface area (TPSA) is 66.8 Å². The normalized spacial score (nSPS) is 21.6. The minimum Gasteiger partial charge on any atom is -0.481 e. The Morgan fingerprint density at radius 1 is 1.52 bits per heavy atom. The van der Waals surface area contributed by atoms with E-state index >= 15 is 0 Å². The predicted molar refractivity (Wildman–Crippen MR) is 76.6 cm³/mol. The maximum atomic E-state index is 13.5. The minimum absolute atomic E-state index is 0.148. The number of methoxy groups -OCH3 is 1. The van der Waals surface area contributed by atoms with Crippen molar-refractivity contribution >= 4 is 27.8 Å². The summed E-state index contributed by atoms with van der Waals surface area (Å²) in [6.07, 6.45) is 0.122. The molecule has 2 unspecified atom stereocenters. The van der Waals surface area contributed by atoms with Crippen LogP contribution >= 0.6 is 15.9 Å². The van der Waals surface area contributed by atoms with Gasteiger partial charge in [0.05, 0.1) is 17.0 Å². The summed E-state index contributed by atoms with van der Waals surface area (Å²) in [6.45, 7) is 0.310. The van der Waals surface area contributed by atoms with Crippen molar-refractivity contribution in [3.63, 3.8) is 0 Å². The molecule has 5 nitrogen and oxygen atoms in total. The van der Waals surface area contributed by atoms with Gasteiger partial charge in [0.25, 0.3) is 5.91 Å². The number of hydrogen-bond donors (Lipinski definition) is 1. The van der Waals surface area contributed by atoms with Gasteiger partial charge in [0.2, 0.25) is 0 Å².